The van der Waals surface area contributed by atoms with Gasteiger partial charge in [-0.3, -0.25) is 0 Å². The quantitative estimate of drug-likeness (QED) is 0.319. The van der Waals surface area contributed by atoms with Crippen LogP contribution in [-0.2, 0) is 9.68 Å². The van der Waals surface area contributed by atoms with Crippen molar-refractivity contribution in [2.45, 2.75) is 18.3 Å². The number of nitriles is 1. The zero-order chi connectivity index (χ0) is 20.0. The predicted octanol–water partition coefficient (Wildman–Crippen LogP) is 2.11. The smallest absolute Gasteiger partial charge is 0.388 e. The van der Waals surface area contributed by atoms with Gasteiger partial charge in [0.1, 0.15) is 18.7 Å². The molecule has 0 saturated heterocycles. The van der Waals surface area contributed by atoms with Crippen molar-refractivity contribution in [3.8, 4) is 6.07 Å². The highest BCUT2D eigenvalue weighted by Crippen LogP contribution is 2.35. The van der Waals surface area contributed by atoms with Crippen LogP contribution in [0.15, 0.2) is 23.0 Å². The SMILES string of the molecule is N#CC(=NOCC(F)(F)C(F)(F)F)C(=NOCC(F)(F)F)n1cncn1. The molecule has 8 nitrogen and oxygen atoms in total. The molecular formula is C10H6F8N6O2. The summed E-state index contributed by atoms with van der Waals surface area (Å²) in [5, 5.41) is 17.9. The van der Waals surface area contributed by atoms with Crippen LogP contribution in [0.1, 0.15) is 0 Å². The Morgan fingerprint density at radius 3 is 2.12 bits per heavy atom. The minimum absolute atomic E-state index is 0.545. The number of halogens is 8. The lowest BCUT2D eigenvalue weighted by Gasteiger charge is -2.17. The van der Waals surface area contributed by atoms with Crippen LogP contribution in [0.2, 0.25) is 0 Å². The topological polar surface area (TPSA) is 97.7 Å². The molecule has 0 atom stereocenters. The van der Waals surface area contributed by atoms with Crippen molar-refractivity contribution in [3.63, 3.8) is 0 Å². The first-order valence-electron chi connectivity index (χ1n) is 6.04. The normalized spacial score (nSPS) is 14.1. The van der Waals surface area contributed by atoms with E-state index in [1.807, 2.05) is 0 Å². The maximum Gasteiger partial charge on any atom is 0.457 e. The van der Waals surface area contributed by atoms with Gasteiger partial charge >= 0.3 is 18.3 Å². The summed E-state index contributed by atoms with van der Waals surface area (Å²) < 4.78 is 98.0. The third-order valence-corrected chi connectivity index (χ3v) is 2.15. The van der Waals surface area contributed by atoms with E-state index in [-0.39, 0.29) is 0 Å². The van der Waals surface area contributed by atoms with Crippen molar-refractivity contribution < 1.29 is 44.8 Å². The molecule has 144 valence electrons. The minimum atomic E-state index is -5.94. The molecule has 16 heteroatoms. The van der Waals surface area contributed by atoms with Crippen molar-refractivity contribution in [1.82, 2.24) is 14.8 Å². The standard InChI is InChI=1S/C10H6F8N6O2/c11-8(12,10(16,17)18)2-25-22-6(1-19)7(24-5-20-4-21-24)23-26-3-9(13,14)15/h4-5H,2-3H2. The van der Waals surface area contributed by atoms with Crippen molar-refractivity contribution in [3.05, 3.63) is 12.7 Å². The van der Waals surface area contributed by atoms with Crippen LogP contribution in [0.25, 0.3) is 0 Å². The van der Waals surface area contributed by atoms with E-state index in [4.69, 9.17) is 5.26 Å². The fourth-order valence-corrected chi connectivity index (χ4v) is 1.05. The van der Waals surface area contributed by atoms with Crippen LogP contribution in [-0.4, -0.2) is 57.8 Å². The van der Waals surface area contributed by atoms with E-state index >= 15 is 0 Å². The first-order chi connectivity index (χ1) is 11.9. The summed E-state index contributed by atoms with van der Waals surface area (Å²) in [6.07, 6.45) is -9.07. The molecule has 1 rings (SSSR count). The molecule has 1 heterocycles. The van der Waals surface area contributed by atoms with Crippen LogP contribution in [0.4, 0.5) is 35.1 Å². The molecule has 0 aliphatic heterocycles. The average Bonchev–Trinajstić information content (AvgIpc) is 3.00. The number of nitrogens with zero attached hydrogens (tertiary/aromatic N) is 6. The second-order valence-electron chi connectivity index (χ2n) is 4.17. The maximum atomic E-state index is 12.7. The van der Waals surface area contributed by atoms with E-state index in [9.17, 15) is 35.1 Å². The Labute approximate surface area is 138 Å². The molecule has 0 unspecified atom stereocenters. The summed E-state index contributed by atoms with van der Waals surface area (Å²) in [6, 6.07) is 1.18. The molecule has 0 bridgehead atoms. The molecule has 26 heavy (non-hydrogen) atoms. The van der Waals surface area contributed by atoms with Crippen molar-refractivity contribution in [2.75, 3.05) is 13.2 Å². The number of alkyl halides is 8. The minimum Gasteiger partial charge on any atom is -0.388 e. The van der Waals surface area contributed by atoms with E-state index in [0.29, 0.717) is 4.68 Å². The number of rotatable bonds is 6. The molecule has 0 N–H and O–H groups in total. The molecule has 0 aliphatic rings. The summed E-state index contributed by atoms with van der Waals surface area (Å²) in [5.41, 5.74) is -1.10. The van der Waals surface area contributed by atoms with Crippen molar-refractivity contribution in [2.24, 2.45) is 10.3 Å². The highest BCUT2D eigenvalue weighted by Gasteiger charge is 2.58. The van der Waals surface area contributed by atoms with Crippen LogP contribution in [0.3, 0.4) is 0 Å². The van der Waals surface area contributed by atoms with Gasteiger partial charge in [-0.15, -0.1) is 0 Å². The highest BCUT2D eigenvalue weighted by molar-refractivity contribution is 6.47. The number of oxime groups is 2. The first kappa shape index (κ1) is 21.1. The Morgan fingerprint density at radius 2 is 1.65 bits per heavy atom. The molecule has 0 radical (unpaired) electrons. The average molecular weight is 394 g/mol. The Kier molecular flexibility index (Phi) is 6.42. The predicted molar refractivity (Wildman–Crippen MR) is 64.9 cm³/mol. The molecule has 0 amide bonds. The van der Waals surface area contributed by atoms with Gasteiger partial charge < -0.3 is 9.68 Å². The van der Waals surface area contributed by atoms with Crippen LogP contribution >= 0.6 is 0 Å². The van der Waals surface area contributed by atoms with Gasteiger partial charge in [-0.05, 0) is 0 Å². The molecule has 1 aromatic heterocycles. The summed E-state index contributed by atoms with van der Waals surface area (Å²) >= 11 is 0. The van der Waals surface area contributed by atoms with Crippen molar-refractivity contribution >= 4 is 11.5 Å². The van der Waals surface area contributed by atoms with Gasteiger partial charge in [0.05, 0.1) is 0 Å². The van der Waals surface area contributed by atoms with Gasteiger partial charge in [-0.25, -0.2) is 4.98 Å². The third kappa shape index (κ3) is 6.14. The summed E-state index contributed by atoms with van der Waals surface area (Å²) in [7, 11) is 0. The van der Waals surface area contributed by atoms with E-state index < -0.39 is 43.0 Å². The summed E-state index contributed by atoms with van der Waals surface area (Å²) in [6.45, 7) is -4.17. The van der Waals surface area contributed by atoms with Crippen LogP contribution in [0, 0.1) is 11.3 Å². The Hall–Kier alpha value is -2.99. The molecule has 0 aromatic carbocycles. The maximum absolute atomic E-state index is 12.7. The van der Waals surface area contributed by atoms with Crippen molar-refractivity contribution in [1.29, 1.82) is 5.26 Å². The lowest BCUT2D eigenvalue weighted by molar-refractivity contribution is -0.296. The van der Waals surface area contributed by atoms with Gasteiger partial charge in [-0.2, -0.15) is 50.2 Å². The van der Waals surface area contributed by atoms with Gasteiger partial charge in [0.25, 0.3) is 0 Å². The van der Waals surface area contributed by atoms with Crippen LogP contribution in [0.5, 0.6) is 0 Å². The van der Waals surface area contributed by atoms with Gasteiger partial charge in [-0.1, -0.05) is 10.3 Å². The third-order valence-electron chi connectivity index (χ3n) is 2.15. The summed E-state index contributed by atoms with van der Waals surface area (Å²) in [5.74, 6) is -6.18. The van der Waals surface area contributed by atoms with E-state index in [1.54, 1.807) is 0 Å². The lowest BCUT2D eigenvalue weighted by Crippen LogP contribution is -2.40. The number of aromatic nitrogens is 3. The second kappa shape index (κ2) is 7.93. The highest BCUT2D eigenvalue weighted by atomic mass is 19.4. The molecule has 1 aromatic rings. The molecule has 0 aliphatic carbocycles. The van der Waals surface area contributed by atoms with E-state index in [1.165, 1.54) is 6.07 Å². The number of hydrogen-bond acceptors (Lipinski definition) is 7. The van der Waals surface area contributed by atoms with E-state index in [0.717, 1.165) is 12.7 Å². The zero-order valence-electron chi connectivity index (χ0n) is 12.1. The fourth-order valence-electron chi connectivity index (χ4n) is 1.05. The van der Waals surface area contributed by atoms with Crippen LogP contribution < -0.4 is 0 Å². The lowest BCUT2D eigenvalue weighted by atomic mass is 10.3. The number of hydrogen-bond donors (Lipinski definition) is 0. The Morgan fingerprint density at radius 1 is 1.04 bits per heavy atom. The fraction of sp³-hybridized carbons (Fsp3) is 0.500. The second-order valence-corrected chi connectivity index (χ2v) is 4.17. The van der Waals surface area contributed by atoms with Gasteiger partial charge in [0.2, 0.25) is 18.2 Å². The van der Waals surface area contributed by atoms with Gasteiger partial charge in [0.15, 0.2) is 6.61 Å². The zero-order valence-corrected chi connectivity index (χ0v) is 12.1. The largest absolute Gasteiger partial charge is 0.457 e. The van der Waals surface area contributed by atoms with Gasteiger partial charge in [0, 0.05) is 0 Å². The molecule has 0 saturated carbocycles. The Bertz CT molecular complexity index is 688. The molecule has 0 fully saturated rings. The molecular weight excluding hydrogens is 388 g/mol. The van der Waals surface area contributed by atoms with E-state index in [2.05, 4.69) is 30.1 Å². The monoisotopic (exact) mass is 394 g/mol. The summed E-state index contributed by atoms with van der Waals surface area (Å²) in [4.78, 5) is 11.1. The molecule has 0 spiro atoms. The first-order valence-corrected chi connectivity index (χ1v) is 6.04. The Balaban J connectivity index is 2.99.